The van der Waals surface area contributed by atoms with Crippen LogP contribution in [0, 0.1) is 5.41 Å². The van der Waals surface area contributed by atoms with Crippen molar-refractivity contribution < 1.29 is 22.7 Å². The first-order chi connectivity index (χ1) is 9.80. The topological polar surface area (TPSA) is 50.4 Å². The van der Waals surface area contributed by atoms with E-state index in [1.54, 1.807) is 6.07 Å². The van der Waals surface area contributed by atoms with Gasteiger partial charge < -0.3 is 15.4 Å². The normalized spacial score (nSPS) is 22.1. The summed E-state index contributed by atoms with van der Waals surface area (Å²) in [5.74, 6) is -0.516. The van der Waals surface area contributed by atoms with Crippen molar-refractivity contribution in [2.45, 2.75) is 12.6 Å². The Morgan fingerprint density at radius 1 is 1.48 bits per heavy atom. The molecule has 1 amide bonds. The maximum absolute atomic E-state index is 13.2. The highest BCUT2D eigenvalue weighted by atomic mass is 79.9. The molecule has 0 spiro atoms. The number of ether oxygens (including phenoxy) is 1. The van der Waals surface area contributed by atoms with Crippen LogP contribution in [-0.4, -0.2) is 32.3 Å². The largest absolute Gasteiger partial charge is 0.496 e. The van der Waals surface area contributed by atoms with Gasteiger partial charge in [-0.1, -0.05) is 0 Å². The Bertz CT molecular complexity index is 543. The van der Waals surface area contributed by atoms with Crippen molar-refractivity contribution in [2.75, 3.05) is 25.5 Å². The lowest BCUT2D eigenvalue weighted by Gasteiger charge is -2.29. The number of carbonyl (C=O) groups is 1. The molecule has 1 aromatic rings. The fraction of sp³-hybridized carbons (Fsp3) is 0.462. The van der Waals surface area contributed by atoms with Crippen molar-refractivity contribution in [1.29, 1.82) is 0 Å². The molecule has 21 heavy (non-hydrogen) atoms. The number of amides is 1. The molecule has 0 radical (unpaired) electrons. The number of alkyl halides is 3. The lowest BCUT2D eigenvalue weighted by atomic mass is 9.85. The number of methoxy groups -OCH3 is 1. The standard InChI is InChI=1S/C13H14BrF3N2O2/c1-21-10-3-2-8(6-9(10)14)19-11(20)12(13(15,16)17)4-5-18-7-12/h2-3,6,18H,4-5,7H2,1H3,(H,19,20). The van der Waals surface area contributed by atoms with E-state index in [-0.39, 0.29) is 18.7 Å². The first-order valence-electron chi connectivity index (χ1n) is 6.22. The summed E-state index contributed by atoms with van der Waals surface area (Å²) in [6, 6.07) is 4.56. The highest BCUT2D eigenvalue weighted by Gasteiger charge is 2.61. The van der Waals surface area contributed by atoms with Gasteiger partial charge in [0.05, 0.1) is 11.6 Å². The first kappa shape index (κ1) is 16.1. The van der Waals surface area contributed by atoms with E-state index in [9.17, 15) is 18.0 Å². The average molecular weight is 367 g/mol. The molecule has 116 valence electrons. The molecule has 2 N–H and O–H groups in total. The van der Waals surface area contributed by atoms with Gasteiger partial charge in [-0.2, -0.15) is 13.2 Å². The predicted octanol–water partition coefficient (Wildman–Crippen LogP) is 2.94. The molecule has 1 aliphatic rings. The molecule has 1 aliphatic heterocycles. The average Bonchev–Trinajstić information content (AvgIpc) is 2.89. The van der Waals surface area contributed by atoms with Crippen LogP contribution in [0.2, 0.25) is 0 Å². The first-order valence-corrected chi connectivity index (χ1v) is 7.02. The Balaban J connectivity index is 2.22. The number of hydrogen-bond donors (Lipinski definition) is 2. The molecule has 1 fully saturated rings. The van der Waals surface area contributed by atoms with Gasteiger partial charge in [0, 0.05) is 12.2 Å². The van der Waals surface area contributed by atoms with Gasteiger partial charge in [-0.15, -0.1) is 0 Å². The SMILES string of the molecule is COc1ccc(NC(=O)C2(C(F)(F)F)CCNC2)cc1Br. The van der Waals surface area contributed by atoms with Crippen LogP contribution in [0.25, 0.3) is 0 Å². The monoisotopic (exact) mass is 366 g/mol. The van der Waals surface area contributed by atoms with Gasteiger partial charge >= 0.3 is 6.18 Å². The van der Waals surface area contributed by atoms with E-state index in [0.29, 0.717) is 10.2 Å². The summed E-state index contributed by atoms with van der Waals surface area (Å²) >= 11 is 3.22. The van der Waals surface area contributed by atoms with Crippen LogP contribution in [0.3, 0.4) is 0 Å². The maximum atomic E-state index is 13.2. The smallest absolute Gasteiger partial charge is 0.404 e. The van der Waals surface area contributed by atoms with Gasteiger partial charge in [0.1, 0.15) is 5.75 Å². The molecule has 1 saturated heterocycles. The summed E-state index contributed by atoms with van der Waals surface area (Å²) in [5.41, 5.74) is -2.09. The van der Waals surface area contributed by atoms with Gasteiger partial charge in [0.25, 0.3) is 0 Å². The lowest BCUT2D eigenvalue weighted by molar-refractivity contribution is -0.213. The molecular formula is C13H14BrF3N2O2. The highest BCUT2D eigenvalue weighted by molar-refractivity contribution is 9.10. The fourth-order valence-corrected chi connectivity index (χ4v) is 2.79. The lowest BCUT2D eigenvalue weighted by Crippen LogP contribution is -2.49. The van der Waals surface area contributed by atoms with Gasteiger partial charge in [0.2, 0.25) is 5.91 Å². The molecule has 2 rings (SSSR count). The van der Waals surface area contributed by atoms with Crippen LogP contribution in [-0.2, 0) is 4.79 Å². The fourth-order valence-electron chi connectivity index (χ4n) is 2.25. The third-order valence-corrected chi connectivity index (χ3v) is 4.16. The predicted molar refractivity (Wildman–Crippen MR) is 75.3 cm³/mol. The van der Waals surface area contributed by atoms with Gasteiger partial charge in [-0.3, -0.25) is 4.79 Å². The Kier molecular flexibility index (Phi) is 4.48. The van der Waals surface area contributed by atoms with Crippen LogP contribution in [0.5, 0.6) is 5.75 Å². The zero-order valence-corrected chi connectivity index (χ0v) is 12.8. The minimum Gasteiger partial charge on any atom is -0.496 e. The van der Waals surface area contributed by atoms with Crippen LogP contribution in [0.1, 0.15) is 6.42 Å². The van der Waals surface area contributed by atoms with E-state index >= 15 is 0 Å². The number of hydrogen-bond acceptors (Lipinski definition) is 3. The number of halogens is 4. The molecule has 0 aromatic heterocycles. The maximum Gasteiger partial charge on any atom is 0.404 e. The third-order valence-electron chi connectivity index (χ3n) is 3.54. The number of rotatable bonds is 3. The molecule has 0 saturated carbocycles. The molecule has 0 bridgehead atoms. The third kappa shape index (κ3) is 3.01. The van der Waals surface area contributed by atoms with Crippen LogP contribution in [0.4, 0.5) is 18.9 Å². The minimum absolute atomic E-state index is 0.166. The van der Waals surface area contributed by atoms with Gasteiger partial charge in [-0.25, -0.2) is 0 Å². The van der Waals surface area contributed by atoms with E-state index in [4.69, 9.17) is 4.74 Å². The van der Waals surface area contributed by atoms with E-state index in [1.807, 2.05) is 0 Å². The van der Waals surface area contributed by atoms with Crippen molar-refractivity contribution in [2.24, 2.45) is 5.41 Å². The molecular weight excluding hydrogens is 353 g/mol. The summed E-state index contributed by atoms with van der Waals surface area (Å²) in [6.07, 6.45) is -4.86. The Hall–Kier alpha value is -1.28. The summed E-state index contributed by atoms with van der Waals surface area (Å²) < 4.78 is 45.3. The summed E-state index contributed by atoms with van der Waals surface area (Å²) in [7, 11) is 1.47. The molecule has 4 nitrogen and oxygen atoms in total. The molecule has 1 atom stereocenters. The summed E-state index contributed by atoms with van der Waals surface area (Å²) in [4.78, 5) is 12.1. The molecule has 1 heterocycles. The Labute approximate surface area is 128 Å². The van der Waals surface area contributed by atoms with Crippen LogP contribution < -0.4 is 15.4 Å². The molecule has 0 aliphatic carbocycles. The van der Waals surface area contributed by atoms with Crippen LogP contribution >= 0.6 is 15.9 Å². The van der Waals surface area contributed by atoms with E-state index in [2.05, 4.69) is 26.6 Å². The second-order valence-corrected chi connectivity index (χ2v) is 5.66. The minimum atomic E-state index is -4.59. The van der Waals surface area contributed by atoms with E-state index in [1.165, 1.54) is 19.2 Å². The van der Waals surface area contributed by atoms with Crippen molar-refractivity contribution in [3.8, 4) is 5.75 Å². The quantitative estimate of drug-likeness (QED) is 0.864. The van der Waals surface area contributed by atoms with Crippen molar-refractivity contribution in [3.05, 3.63) is 22.7 Å². The zero-order valence-electron chi connectivity index (χ0n) is 11.2. The van der Waals surface area contributed by atoms with Crippen molar-refractivity contribution in [3.63, 3.8) is 0 Å². The molecule has 8 heteroatoms. The number of nitrogens with one attached hydrogen (secondary N) is 2. The van der Waals surface area contributed by atoms with Crippen molar-refractivity contribution >= 4 is 27.5 Å². The van der Waals surface area contributed by atoms with Crippen molar-refractivity contribution in [1.82, 2.24) is 5.32 Å². The number of benzene rings is 1. The van der Waals surface area contributed by atoms with E-state index in [0.717, 1.165) is 0 Å². The number of anilines is 1. The zero-order chi connectivity index (χ0) is 15.7. The highest BCUT2D eigenvalue weighted by Crippen LogP contribution is 2.44. The molecule has 1 aromatic carbocycles. The molecule has 1 unspecified atom stereocenters. The Morgan fingerprint density at radius 2 is 2.19 bits per heavy atom. The Morgan fingerprint density at radius 3 is 2.67 bits per heavy atom. The summed E-state index contributed by atoms with van der Waals surface area (Å²) in [5, 5.41) is 4.94. The number of carbonyl (C=O) groups excluding carboxylic acids is 1. The van der Waals surface area contributed by atoms with Gasteiger partial charge in [0.15, 0.2) is 5.41 Å². The second kappa shape index (κ2) is 5.84. The second-order valence-electron chi connectivity index (χ2n) is 4.81. The van der Waals surface area contributed by atoms with Crippen LogP contribution in [0.15, 0.2) is 22.7 Å². The van der Waals surface area contributed by atoms with E-state index < -0.39 is 24.0 Å². The van der Waals surface area contributed by atoms with Gasteiger partial charge in [-0.05, 0) is 47.1 Å². The summed E-state index contributed by atoms with van der Waals surface area (Å²) in [6.45, 7) is -0.237.